The largest absolute Gasteiger partial charge is 0.349 e. The number of hydrogen-bond acceptors (Lipinski definition) is 1. The summed E-state index contributed by atoms with van der Waals surface area (Å²) in [6.45, 7) is 1.82. The van der Waals surface area contributed by atoms with Crippen LogP contribution in [0, 0.1) is 12.7 Å². The number of amides is 1. The van der Waals surface area contributed by atoms with Crippen LogP contribution in [0.4, 0.5) is 4.39 Å². The molecule has 0 aromatic heterocycles. The summed E-state index contributed by atoms with van der Waals surface area (Å²) in [5.74, 6) is -0.508. The van der Waals surface area contributed by atoms with Gasteiger partial charge in [0.25, 0.3) is 5.91 Å². The van der Waals surface area contributed by atoms with Crippen LogP contribution < -0.4 is 5.32 Å². The molecule has 0 unspecified atom stereocenters. The first-order valence-corrected chi connectivity index (χ1v) is 5.74. The molecule has 1 aromatic rings. The molecule has 1 N–H and O–H groups in total. The van der Waals surface area contributed by atoms with Gasteiger partial charge in [-0.2, -0.15) is 0 Å². The second-order valence-electron chi connectivity index (χ2n) is 4.41. The molecule has 1 aliphatic carbocycles. The van der Waals surface area contributed by atoms with Gasteiger partial charge < -0.3 is 5.32 Å². The summed E-state index contributed by atoms with van der Waals surface area (Å²) in [5, 5.41) is 2.96. The minimum absolute atomic E-state index is 0.149. The van der Waals surface area contributed by atoms with Gasteiger partial charge in [0.2, 0.25) is 0 Å². The average Bonchev–Trinajstić information content (AvgIpc) is 2.74. The summed E-state index contributed by atoms with van der Waals surface area (Å²) in [5.41, 5.74) is 1.27. The summed E-state index contributed by atoms with van der Waals surface area (Å²) < 4.78 is 13.0. The van der Waals surface area contributed by atoms with Gasteiger partial charge >= 0.3 is 0 Å². The minimum atomic E-state index is -0.359. The Hall–Kier alpha value is -1.38. The molecule has 0 spiro atoms. The molecule has 86 valence electrons. The van der Waals surface area contributed by atoms with Gasteiger partial charge in [-0.3, -0.25) is 4.79 Å². The molecule has 16 heavy (non-hydrogen) atoms. The maximum atomic E-state index is 13.0. The van der Waals surface area contributed by atoms with E-state index in [0.717, 1.165) is 18.4 Å². The predicted molar refractivity (Wildman–Crippen MR) is 60.9 cm³/mol. The van der Waals surface area contributed by atoms with Crippen LogP contribution in [0.3, 0.4) is 0 Å². The fourth-order valence-corrected chi connectivity index (χ4v) is 2.17. The van der Waals surface area contributed by atoms with Gasteiger partial charge in [0.15, 0.2) is 0 Å². The highest BCUT2D eigenvalue weighted by Crippen LogP contribution is 2.19. The zero-order valence-electron chi connectivity index (χ0n) is 9.42. The highest BCUT2D eigenvalue weighted by molar-refractivity contribution is 5.95. The molecular weight excluding hydrogens is 205 g/mol. The zero-order chi connectivity index (χ0) is 11.5. The maximum Gasteiger partial charge on any atom is 0.251 e. The van der Waals surface area contributed by atoms with Gasteiger partial charge in [0.05, 0.1) is 0 Å². The second-order valence-corrected chi connectivity index (χ2v) is 4.41. The molecule has 1 aliphatic rings. The van der Waals surface area contributed by atoms with E-state index in [-0.39, 0.29) is 17.8 Å². The zero-order valence-corrected chi connectivity index (χ0v) is 9.42. The summed E-state index contributed by atoms with van der Waals surface area (Å²) >= 11 is 0. The van der Waals surface area contributed by atoms with Crippen LogP contribution in [-0.4, -0.2) is 11.9 Å². The van der Waals surface area contributed by atoms with E-state index in [2.05, 4.69) is 5.32 Å². The van der Waals surface area contributed by atoms with E-state index in [0.29, 0.717) is 5.56 Å². The van der Waals surface area contributed by atoms with Crippen molar-refractivity contribution in [2.24, 2.45) is 0 Å². The molecule has 1 amide bonds. The van der Waals surface area contributed by atoms with Crippen LogP contribution in [0.5, 0.6) is 0 Å². The van der Waals surface area contributed by atoms with E-state index in [9.17, 15) is 9.18 Å². The standard InChI is InChI=1S/C13H16FNO/c1-9-6-7-10(14)8-12(9)13(16)15-11-4-2-3-5-11/h6-8,11H,2-5H2,1H3,(H,15,16). The summed E-state index contributed by atoms with van der Waals surface area (Å²) in [7, 11) is 0. The molecule has 0 bridgehead atoms. The van der Waals surface area contributed by atoms with Crippen molar-refractivity contribution in [1.82, 2.24) is 5.32 Å². The van der Waals surface area contributed by atoms with E-state index in [1.54, 1.807) is 6.07 Å². The third-order valence-electron chi connectivity index (χ3n) is 3.13. The van der Waals surface area contributed by atoms with Crippen molar-refractivity contribution in [3.8, 4) is 0 Å². The molecule has 0 aliphatic heterocycles. The van der Waals surface area contributed by atoms with Gasteiger partial charge in [-0.05, 0) is 37.5 Å². The number of nitrogens with one attached hydrogen (secondary N) is 1. The number of carbonyl (C=O) groups excluding carboxylic acids is 1. The van der Waals surface area contributed by atoms with E-state index < -0.39 is 0 Å². The normalized spacial score (nSPS) is 16.4. The molecule has 0 radical (unpaired) electrons. The number of rotatable bonds is 2. The molecule has 1 aromatic carbocycles. The molecule has 0 atom stereocenters. The Morgan fingerprint density at radius 2 is 2.06 bits per heavy atom. The minimum Gasteiger partial charge on any atom is -0.349 e. The molecule has 1 saturated carbocycles. The second kappa shape index (κ2) is 4.64. The van der Waals surface area contributed by atoms with Gasteiger partial charge in [-0.1, -0.05) is 18.9 Å². The van der Waals surface area contributed by atoms with E-state index in [1.165, 1.54) is 25.0 Å². The number of benzene rings is 1. The molecule has 0 saturated heterocycles. The lowest BCUT2D eigenvalue weighted by molar-refractivity contribution is 0.0937. The Labute approximate surface area is 94.9 Å². The number of hydrogen-bond donors (Lipinski definition) is 1. The van der Waals surface area contributed by atoms with E-state index >= 15 is 0 Å². The molecule has 3 heteroatoms. The fourth-order valence-electron chi connectivity index (χ4n) is 2.17. The Morgan fingerprint density at radius 1 is 1.38 bits per heavy atom. The third-order valence-corrected chi connectivity index (χ3v) is 3.13. The van der Waals surface area contributed by atoms with Crippen LogP contribution >= 0.6 is 0 Å². The van der Waals surface area contributed by atoms with Crippen LogP contribution in [-0.2, 0) is 0 Å². The lowest BCUT2D eigenvalue weighted by Crippen LogP contribution is -2.33. The summed E-state index contributed by atoms with van der Waals surface area (Å²) in [6.07, 6.45) is 4.43. The van der Waals surface area contributed by atoms with Crippen molar-refractivity contribution in [2.45, 2.75) is 38.6 Å². The van der Waals surface area contributed by atoms with Gasteiger partial charge in [0.1, 0.15) is 5.82 Å². The monoisotopic (exact) mass is 221 g/mol. The van der Waals surface area contributed by atoms with E-state index in [4.69, 9.17) is 0 Å². The van der Waals surface area contributed by atoms with Crippen molar-refractivity contribution in [1.29, 1.82) is 0 Å². The fraction of sp³-hybridized carbons (Fsp3) is 0.462. The highest BCUT2D eigenvalue weighted by atomic mass is 19.1. The lowest BCUT2D eigenvalue weighted by atomic mass is 10.1. The first kappa shape index (κ1) is 11.1. The first-order chi connectivity index (χ1) is 7.66. The van der Waals surface area contributed by atoms with Crippen LogP contribution in [0.2, 0.25) is 0 Å². The van der Waals surface area contributed by atoms with Crippen LogP contribution in [0.1, 0.15) is 41.6 Å². The third kappa shape index (κ3) is 2.40. The van der Waals surface area contributed by atoms with E-state index in [1.807, 2.05) is 6.92 Å². The topological polar surface area (TPSA) is 29.1 Å². The quantitative estimate of drug-likeness (QED) is 0.817. The van der Waals surface area contributed by atoms with Crippen molar-refractivity contribution < 1.29 is 9.18 Å². The molecular formula is C13H16FNO. The molecule has 1 fully saturated rings. The molecule has 2 nitrogen and oxygen atoms in total. The number of carbonyl (C=O) groups is 1. The SMILES string of the molecule is Cc1ccc(F)cc1C(=O)NC1CCCC1. The van der Waals surface area contributed by atoms with Crippen molar-refractivity contribution in [2.75, 3.05) is 0 Å². The molecule has 0 heterocycles. The lowest BCUT2D eigenvalue weighted by Gasteiger charge is -2.13. The van der Waals surface area contributed by atoms with Crippen LogP contribution in [0.15, 0.2) is 18.2 Å². The number of halogens is 1. The Morgan fingerprint density at radius 3 is 2.75 bits per heavy atom. The van der Waals surface area contributed by atoms with Crippen molar-refractivity contribution >= 4 is 5.91 Å². The highest BCUT2D eigenvalue weighted by Gasteiger charge is 2.19. The first-order valence-electron chi connectivity index (χ1n) is 5.74. The Bertz CT molecular complexity index is 397. The smallest absolute Gasteiger partial charge is 0.251 e. The summed E-state index contributed by atoms with van der Waals surface area (Å²) in [6, 6.07) is 4.59. The maximum absolute atomic E-state index is 13.0. The van der Waals surface area contributed by atoms with Crippen LogP contribution in [0.25, 0.3) is 0 Å². The average molecular weight is 221 g/mol. The Kier molecular flexibility index (Phi) is 3.22. The predicted octanol–water partition coefficient (Wildman–Crippen LogP) is 2.81. The van der Waals surface area contributed by atoms with Gasteiger partial charge in [-0.25, -0.2) is 4.39 Å². The van der Waals surface area contributed by atoms with Crippen molar-refractivity contribution in [3.05, 3.63) is 35.1 Å². The molecule has 2 rings (SSSR count). The van der Waals surface area contributed by atoms with Gasteiger partial charge in [0, 0.05) is 11.6 Å². The van der Waals surface area contributed by atoms with Crippen molar-refractivity contribution in [3.63, 3.8) is 0 Å². The number of aryl methyl sites for hydroxylation is 1. The Balaban J connectivity index is 2.10. The van der Waals surface area contributed by atoms with Gasteiger partial charge in [-0.15, -0.1) is 0 Å². The summed E-state index contributed by atoms with van der Waals surface area (Å²) in [4.78, 5) is 11.9.